The van der Waals surface area contributed by atoms with Gasteiger partial charge in [-0.2, -0.15) is 0 Å². The van der Waals surface area contributed by atoms with Crippen LogP contribution in [0.5, 0.6) is 0 Å². The van der Waals surface area contributed by atoms with Crippen LogP contribution in [0.1, 0.15) is 44.7 Å². The van der Waals surface area contributed by atoms with Gasteiger partial charge in [0, 0.05) is 5.41 Å². The molecule has 2 aliphatic carbocycles. The molecule has 2 unspecified atom stereocenters. The lowest BCUT2D eigenvalue weighted by Crippen LogP contribution is -2.32. The summed E-state index contributed by atoms with van der Waals surface area (Å²) >= 11 is 0. The lowest BCUT2D eigenvalue weighted by atomic mass is 9.70. The second kappa shape index (κ2) is 6.50. The smallest absolute Gasteiger partial charge is 0.183 e. The minimum absolute atomic E-state index is 0.0307. The number of rotatable bonds is 6. The van der Waals surface area contributed by atoms with Crippen molar-refractivity contribution in [3.8, 4) is 0 Å². The second-order valence-corrected chi connectivity index (χ2v) is 8.01. The van der Waals surface area contributed by atoms with Crippen molar-refractivity contribution in [3.63, 3.8) is 0 Å². The SMILES string of the molecule is CC12CCC(C(=Cc3ccc(COCC(=O)CO)cc3)C1=O)C2(C)C. The Morgan fingerprint density at radius 2 is 1.96 bits per heavy atom. The average molecular weight is 342 g/mol. The molecule has 0 spiro atoms. The highest BCUT2D eigenvalue weighted by Crippen LogP contribution is 2.65. The number of ketones is 2. The first-order valence-electron chi connectivity index (χ1n) is 8.85. The molecule has 4 nitrogen and oxygen atoms in total. The highest BCUT2D eigenvalue weighted by Gasteiger charge is 2.63. The lowest BCUT2D eigenvalue weighted by molar-refractivity contribution is -0.127. The number of allylic oxidation sites excluding steroid dienone is 1. The van der Waals surface area contributed by atoms with E-state index in [0.717, 1.165) is 29.5 Å². The van der Waals surface area contributed by atoms with Gasteiger partial charge in [0.15, 0.2) is 11.6 Å². The Balaban J connectivity index is 1.71. The molecule has 3 rings (SSSR count). The zero-order valence-corrected chi connectivity index (χ0v) is 15.2. The molecule has 2 saturated carbocycles. The summed E-state index contributed by atoms with van der Waals surface area (Å²) in [6.07, 6.45) is 4.12. The summed E-state index contributed by atoms with van der Waals surface area (Å²) in [7, 11) is 0. The molecular formula is C21H26O4. The van der Waals surface area contributed by atoms with Gasteiger partial charge in [-0.3, -0.25) is 9.59 Å². The summed E-state index contributed by atoms with van der Waals surface area (Å²) < 4.78 is 5.26. The van der Waals surface area contributed by atoms with Gasteiger partial charge < -0.3 is 9.84 Å². The van der Waals surface area contributed by atoms with Gasteiger partial charge >= 0.3 is 0 Å². The quantitative estimate of drug-likeness (QED) is 0.807. The number of hydrogen-bond acceptors (Lipinski definition) is 4. The third-order valence-corrected chi connectivity index (χ3v) is 6.38. The molecule has 0 saturated heterocycles. The molecular weight excluding hydrogens is 316 g/mol. The van der Waals surface area contributed by atoms with Crippen LogP contribution in [0.3, 0.4) is 0 Å². The molecule has 1 N–H and O–H groups in total. The van der Waals surface area contributed by atoms with Crippen molar-refractivity contribution in [2.75, 3.05) is 13.2 Å². The molecule has 1 aromatic carbocycles. The maximum atomic E-state index is 12.9. The van der Waals surface area contributed by atoms with Gasteiger partial charge in [0.2, 0.25) is 0 Å². The lowest BCUT2D eigenvalue weighted by Gasteiger charge is -2.31. The van der Waals surface area contributed by atoms with Crippen LogP contribution < -0.4 is 0 Å². The topological polar surface area (TPSA) is 63.6 Å². The van der Waals surface area contributed by atoms with Crippen molar-refractivity contribution in [1.82, 2.24) is 0 Å². The third-order valence-electron chi connectivity index (χ3n) is 6.38. The second-order valence-electron chi connectivity index (χ2n) is 8.01. The van der Waals surface area contributed by atoms with Crippen LogP contribution in [0.15, 0.2) is 29.8 Å². The Morgan fingerprint density at radius 1 is 1.28 bits per heavy atom. The zero-order valence-electron chi connectivity index (χ0n) is 15.2. The van der Waals surface area contributed by atoms with Gasteiger partial charge in [-0.15, -0.1) is 0 Å². The number of fused-ring (bicyclic) bond motifs is 2. The maximum Gasteiger partial charge on any atom is 0.183 e. The predicted octanol–water partition coefficient (Wildman–Crippen LogP) is 3.17. The molecule has 2 aliphatic rings. The van der Waals surface area contributed by atoms with Gasteiger partial charge in [0.25, 0.3) is 0 Å². The van der Waals surface area contributed by atoms with Crippen LogP contribution in [-0.4, -0.2) is 29.9 Å². The van der Waals surface area contributed by atoms with E-state index in [2.05, 4.69) is 20.8 Å². The van der Waals surface area contributed by atoms with Gasteiger partial charge in [-0.05, 0) is 47.0 Å². The highest BCUT2D eigenvalue weighted by molar-refractivity contribution is 6.07. The van der Waals surface area contributed by atoms with Gasteiger partial charge in [0.05, 0.1) is 6.61 Å². The normalized spacial score (nSPS) is 28.7. The van der Waals surface area contributed by atoms with Crippen molar-refractivity contribution in [3.05, 3.63) is 41.0 Å². The average Bonchev–Trinajstić information content (AvgIpc) is 2.90. The van der Waals surface area contributed by atoms with E-state index in [1.54, 1.807) is 0 Å². The van der Waals surface area contributed by atoms with Crippen LogP contribution in [0, 0.1) is 16.7 Å². The Kier molecular flexibility index (Phi) is 4.69. The Morgan fingerprint density at radius 3 is 2.52 bits per heavy atom. The molecule has 0 radical (unpaired) electrons. The summed E-state index contributed by atoms with van der Waals surface area (Å²) in [5.74, 6) is 0.327. The molecule has 0 aromatic heterocycles. The van der Waals surface area contributed by atoms with Gasteiger partial charge in [0.1, 0.15) is 13.2 Å². The molecule has 2 bridgehead atoms. The van der Waals surface area contributed by atoms with Gasteiger partial charge in [-0.1, -0.05) is 45.0 Å². The first-order chi connectivity index (χ1) is 11.8. The van der Waals surface area contributed by atoms with E-state index >= 15 is 0 Å². The molecule has 1 aromatic rings. The predicted molar refractivity (Wildman–Crippen MR) is 95.8 cm³/mol. The highest BCUT2D eigenvalue weighted by atomic mass is 16.5. The van der Waals surface area contributed by atoms with E-state index in [9.17, 15) is 9.59 Å². The zero-order chi connectivity index (χ0) is 18.2. The fourth-order valence-corrected chi connectivity index (χ4v) is 4.31. The number of carbonyl (C=O) groups is 2. The van der Waals surface area contributed by atoms with E-state index in [-0.39, 0.29) is 23.2 Å². The van der Waals surface area contributed by atoms with Crippen LogP contribution in [0.4, 0.5) is 0 Å². The summed E-state index contributed by atoms with van der Waals surface area (Å²) in [4.78, 5) is 23.9. The molecule has 0 heterocycles. The summed E-state index contributed by atoms with van der Waals surface area (Å²) in [6.45, 7) is 6.32. The number of hydrogen-bond donors (Lipinski definition) is 1. The number of ether oxygens (including phenoxy) is 1. The first-order valence-corrected chi connectivity index (χ1v) is 8.85. The number of carbonyl (C=O) groups excluding carboxylic acids is 2. The molecule has 0 aliphatic heterocycles. The fourth-order valence-electron chi connectivity index (χ4n) is 4.31. The molecule has 25 heavy (non-hydrogen) atoms. The Bertz CT molecular complexity index is 714. The van der Waals surface area contributed by atoms with E-state index in [4.69, 9.17) is 9.84 Å². The molecule has 134 valence electrons. The molecule has 2 fully saturated rings. The minimum atomic E-state index is -0.489. The Labute approximate surface area is 148 Å². The standard InChI is InChI=1S/C21H26O4/c1-20(2)18-8-9-21(20,3)19(24)17(18)10-14-4-6-15(7-5-14)12-25-13-16(23)11-22/h4-7,10,18,22H,8-9,11-13H2,1-3H3. The molecule has 4 heteroatoms. The maximum absolute atomic E-state index is 12.9. The monoisotopic (exact) mass is 342 g/mol. The van der Waals surface area contributed by atoms with E-state index < -0.39 is 6.61 Å². The van der Waals surface area contributed by atoms with Crippen molar-refractivity contribution < 1.29 is 19.4 Å². The van der Waals surface area contributed by atoms with Crippen LogP contribution in [-0.2, 0) is 20.9 Å². The van der Waals surface area contributed by atoms with Gasteiger partial charge in [-0.25, -0.2) is 0 Å². The third kappa shape index (κ3) is 2.98. The number of Topliss-reactive ketones (excluding diaryl/α,β-unsaturated/α-hetero) is 2. The molecule has 0 amide bonds. The molecule has 2 atom stereocenters. The van der Waals surface area contributed by atoms with E-state index in [1.165, 1.54) is 0 Å². The number of aliphatic hydroxyl groups excluding tert-OH is 1. The summed E-state index contributed by atoms with van der Waals surface area (Å²) in [5, 5.41) is 8.66. The summed E-state index contributed by atoms with van der Waals surface area (Å²) in [5.41, 5.74) is 2.75. The Hall–Kier alpha value is -1.78. The number of aliphatic hydroxyl groups is 1. The fraction of sp³-hybridized carbons (Fsp3) is 0.524. The van der Waals surface area contributed by atoms with Crippen LogP contribution in [0.2, 0.25) is 0 Å². The van der Waals surface area contributed by atoms with Crippen molar-refractivity contribution >= 4 is 17.6 Å². The number of benzene rings is 1. The van der Waals surface area contributed by atoms with Crippen molar-refractivity contribution in [1.29, 1.82) is 0 Å². The largest absolute Gasteiger partial charge is 0.388 e. The van der Waals surface area contributed by atoms with Crippen LogP contribution in [0.25, 0.3) is 6.08 Å². The van der Waals surface area contributed by atoms with E-state index in [1.807, 2.05) is 30.3 Å². The van der Waals surface area contributed by atoms with Crippen LogP contribution >= 0.6 is 0 Å². The summed E-state index contributed by atoms with van der Waals surface area (Å²) in [6, 6.07) is 7.85. The van der Waals surface area contributed by atoms with Crippen molar-refractivity contribution in [2.24, 2.45) is 16.7 Å². The first kappa shape index (κ1) is 18.0. The van der Waals surface area contributed by atoms with E-state index in [0.29, 0.717) is 18.3 Å². The minimum Gasteiger partial charge on any atom is -0.388 e. The van der Waals surface area contributed by atoms with Crippen molar-refractivity contribution in [2.45, 2.75) is 40.2 Å².